The van der Waals surface area contributed by atoms with E-state index in [1.54, 1.807) is 48.8 Å². The molecule has 6 heterocycles. The summed E-state index contributed by atoms with van der Waals surface area (Å²) in [6.07, 6.45) is 3.31. The van der Waals surface area contributed by atoms with Gasteiger partial charge in [0.15, 0.2) is 0 Å². The van der Waals surface area contributed by atoms with Gasteiger partial charge in [-0.1, -0.05) is 72.8 Å². The Balaban J connectivity index is 0.000000150. The monoisotopic (exact) mass is 877 g/mol. The molecular formula is C48H47N9O4S2. The lowest BCUT2D eigenvalue weighted by Gasteiger charge is -2.33. The van der Waals surface area contributed by atoms with E-state index in [0.29, 0.717) is 21.6 Å². The minimum atomic E-state index is -3.83. The van der Waals surface area contributed by atoms with Crippen LogP contribution in [0.5, 0.6) is 0 Å². The van der Waals surface area contributed by atoms with Crippen LogP contribution < -0.4 is 15.5 Å². The maximum absolute atomic E-state index is 14.0. The highest BCUT2D eigenvalue weighted by Crippen LogP contribution is 2.37. The predicted molar refractivity (Wildman–Crippen MR) is 254 cm³/mol. The summed E-state index contributed by atoms with van der Waals surface area (Å²) in [5.74, 6) is 1.69. The first-order chi connectivity index (χ1) is 30.5. The molecule has 2 fully saturated rings. The zero-order valence-corrected chi connectivity index (χ0v) is 36.7. The first-order valence-electron chi connectivity index (χ1n) is 21.0. The number of rotatable bonds is 6. The number of nitrogens with zero attached hydrogens (tertiary/aromatic N) is 8. The molecular weight excluding hydrogens is 831 g/mol. The number of aromatic nitrogens is 4. The van der Waals surface area contributed by atoms with Crippen molar-refractivity contribution in [2.75, 3.05) is 82.0 Å². The van der Waals surface area contributed by atoms with Gasteiger partial charge in [0.05, 0.1) is 31.9 Å². The van der Waals surface area contributed by atoms with E-state index in [4.69, 9.17) is 15.7 Å². The third kappa shape index (κ3) is 7.20. The van der Waals surface area contributed by atoms with Crippen LogP contribution in [0, 0.1) is 0 Å². The highest BCUT2D eigenvalue weighted by Gasteiger charge is 2.28. The summed E-state index contributed by atoms with van der Waals surface area (Å²) in [5, 5.41) is 4.98. The molecule has 0 atom stereocenters. The van der Waals surface area contributed by atoms with Gasteiger partial charge in [-0.15, -0.1) is 0 Å². The van der Waals surface area contributed by atoms with Crippen molar-refractivity contribution in [3.8, 4) is 0 Å². The van der Waals surface area contributed by atoms with Gasteiger partial charge in [0, 0.05) is 97.4 Å². The standard InChI is InChI=1S/C26H24N4O2S.C22H23N5O2S/c1-28-15-17-29(18-16-28)26-22-13-14-30(25(22)21-10-4-5-11-23(21)27-26)33(31,32)24-12-6-8-19-7-2-3-9-20(19)24;1-25-12-14-26(15-13-25)22-19-10-11-27(21(19)18-4-2-3-5-20(18)24-22)30(28,29)17-8-6-16(23)7-9-17/h2-14H,15-18H2,1H3;2-11H,12-15,23H2,1H3. The number of hydrogen-bond acceptors (Lipinski definition) is 11. The Morgan fingerprint density at radius 1 is 0.460 bits per heavy atom. The summed E-state index contributed by atoms with van der Waals surface area (Å²) in [7, 11) is -3.39. The van der Waals surface area contributed by atoms with E-state index in [9.17, 15) is 16.8 Å². The Kier molecular flexibility index (Phi) is 10.3. The Labute approximate surface area is 366 Å². The van der Waals surface area contributed by atoms with Crippen molar-refractivity contribution in [1.82, 2.24) is 27.7 Å². The van der Waals surface area contributed by atoms with Gasteiger partial charge < -0.3 is 25.3 Å². The molecule has 2 saturated heterocycles. The molecule has 11 rings (SSSR count). The SMILES string of the molecule is CN1CCN(c2nc3ccccc3c3c2ccn3S(=O)(=O)c2ccc(N)cc2)CC1.CN1CCN(c2nc3ccccc3c3c2ccn3S(=O)(=O)c2cccc3ccccc23)CC1. The number of pyridine rings is 2. The summed E-state index contributed by atoms with van der Waals surface area (Å²) >= 11 is 0. The van der Waals surface area contributed by atoms with Crippen LogP contribution in [0.2, 0.25) is 0 Å². The van der Waals surface area contributed by atoms with Gasteiger partial charge in [0.1, 0.15) is 11.6 Å². The number of para-hydroxylation sites is 2. The van der Waals surface area contributed by atoms with Crippen molar-refractivity contribution in [2.24, 2.45) is 0 Å². The van der Waals surface area contributed by atoms with E-state index in [1.165, 1.54) is 7.94 Å². The van der Waals surface area contributed by atoms with Gasteiger partial charge in [-0.25, -0.2) is 34.7 Å². The molecule has 4 aromatic heterocycles. The summed E-state index contributed by atoms with van der Waals surface area (Å²) in [6, 6.07) is 38.6. The number of piperazine rings is 2. The van der Waals surface area contributed by atoms with Crippen molar-refractivity contribution < 1.29 is 16.8 Å². The Morgan fingerprint density at radius 2 is 0.905 bits per heavy atom. The van der Waals surface area contributed by atoms with Crippen LogP contribution in [0.15, 0.2) is 150 Å². The van der Waals surface area contributed by atoms with Crippen molar-refractivity contribution in [1.29, 1.82) is 0 Å². The number of nitrogen functional groups attached to an aromatic ring is 1. The maximum atomic E-state index is 14.0. The summed E-state index contributed by atoms with van der Waals surface area (Å²) in [6.45, 7) is 7.22. The minimum Gasteiger partial charge on any atom is -0.399 e. The Bertz CT molecular complexity index is 3400. The molecule has 63 heavy (non-hydrogen) atoms. The van der Waals surface area contributed by atoms with E-state index in [0.717, 1.165) is 107 Å². The number of likely N-dealkylation sites (N-methyl/N-ethyl adjacent to an activating group) is 2. The normalized spacial score (nSPS) is 15.7. The van der Waals surface area contributed by atoms with Crippen molar-refractivity contribution in [3.63, 3.8) is 0 Å². The lowest BCUT2D eigenvalue weighted by atomic mass is 10.1. The molecule has 0 saturated carbocycles. The first kappa shape index (κ1) is 40.5. The summed E-state index contributed by atoms with van der Waals surface area (Å²) < 4.78 is 57.8. The molecule has 13 nitrogen and oxygen atoms in total. The second-order valence-electron chi connectivity index (χ2n) is 16.3. The van der Waals surface area contributed by atoms with Crippen LogP contribution in [0.4, 0.5) is 17.3 Å². The largest absolute Gasteiger partial charge is 0.399 e. The van der Waals surface area contributed by atoms with Crippen LogP contribution in [0.25, 0.3) is 54.4 Å². The molecule has 2 N–H and O–H groups in total. The lowest BCUT2D eigenvalue weighted by molar-refractivity contribution is 0.312. The predicted octanol–water partition coefficient (Wildman–Crippen LogP) is 7.09. The van der Waals surface area contributed by atoms with Crippen LogP contribution in [-0.4, -0.2) is 111 Å². The molecule has 0 bridgehead atoms. The second-order valence-corrected chi connectivity index (χ2v) is 19.9. The van der Waals surface area contributed by atoms with Gasteiger partial charge in [-0.3, -0.25) is 0 Å². The zero-order chi connectivity index (χ0) is 43.5. The Hall–Kier alpha value is -6.52. The fourth-order valence-corrected chi connectivity index (χ4v) is 11.8. The molecule has 0 unspecified atom stereocenters. The summed E-state index contributed by atoms with van der Waals surface area (Å²) in [4.78, 5) is 19.5. The second kappa shape index (κ2) is 16.0. The topological polar surface area (TPSA) is 143 Å². The molecule has 0 aliphatic carbocycles. The van der Waals surface area contributed by atoms with Gasteiger partial charge in [-0.05, 0) is 74.1 Å². The van der Waals surface area contributed by atoms with E-state index in [1.807, 2.05) is 91.0 Å². The third-order valence-electron chi connectivity index (χ3n) is 12.3. The van der Waals surface area contributed by atoms with Crippen molar-refractivity contribution in [2.45, 2.75) is 9.79 Å². The van der Waals surface area contributed by atoms with Crippen LogP contribution in [-0.2, 0) is 20.0 Å². The Morgan fingerprint density at radius 3 is 1.43 bits per heavy atom. The highest BCUT2D eigenvalue weighted by molar-refractivity contribution is 7.90. The van der Waals surface area contributed by atoms with E-state index >= 15 is 0 Å². The first-order valence-corrected chi connectivity index (χ1v) is 23.9. The molecule has 0 radical (unpaired) electrons. The number of anilines is 3. The zero-order valence-electron chi connectivity index (χ0n) is 35.0. The number of hydrogen-bond donors (Lipinski definition) is 1. The average Bonchev–Trinajstić information content (AvgIpc) is 3.97. The van der Waals surface area contributed by atoms with Crippen LogP contribution in [0.1, 0.15) is 0 Å². The number of nitrogens with two attached hydrogens (primary N) is 1. The molecule has 0 spiro atoms. The van der Waals surface area contributed by atoms with E-state index < -0.39 is 20.0 Å². The molecule has 15 heteroatoms. The number of fused-ring (bicyclic) bond motifs is 7. The van der Waals surface area contributed by atoms with Crippen molar-refractivity contribution in [3.05, 3.63) is 140 Å². The molecule has 5 aromatic carbocycles. The van der Waals surface area contributed by atoms with Gasteiger partial charge in [0.2, 0.25) is 0 Å². The molecule has 0 amide bonds. The third-order valence-corrected chi connectivity index (χ3v) is 15.7. The highest BCUT2D eigenvalue weighted by atomic mass is 32.2. The van der Waals surface area contributed by atoms with Gasteiger partial charge in [0.25, 0.3) is 20.0 Å². The molecule has 9 aromatic rings. The van der Waals surface area contributed by atoms with E-state index in [2.05, 4.69) is 33.7 Å². The molecule has 2 aliphatic rings. The smallest absolute Gasteiger partial charge is 0.268 e. The minimum absolute atomic E-state index is 0.205. The molecule has 2 aliphatic heterocycles. The number of benzene rings is 5. The molecule has 320 valence electrons. The van der Waals surface area contributed by atoms with Crippen LogP contribution >= 0.6 is 0 Å². The maximum Gasteiger partial charge on any atom is 0.268 e. The fourth-order valence-electron chi connectivity index (χ4n) is 8.81. The van der Waals surface area contributed by atoms with Crippen molar-refractivity contribution >= 4 is 91.8 Å². The van der Waals surface area contributed by atoms with Gasteiger partial charge in [-0.2, -0.15) is 0 Å². The quantitative estimate of drug-likeness (QED) is 0.171. The lowest BCUT2D eigenvalue weighted by Crippen LogP contribution is -2.44. The summed E-state index contributed by atoms with van der Waals surface area (Å²) in [5.41, 5.74) is 9.20. The fraction of sp³-hybridized carbons (Fsp3) is 0.208. The van der Waals surface area contributed by atoms with E-state index in [-0.39, 0.29) is 4.90 Å². The average molecular weight is 878 g/mol. The van der Waals surface area contributed by atoms with Gasteiger partial charge >= 0.3 is 0 Å². The van der Waals surface area contributed by atoms with Crippen LogP contribution in [0.3, 0.4) is 0 Å².